The first kappa shape index (κ1) is 29.5. The minimum absolute atomic E-state index is 0.144. The predicted molar refractivity (Wildman–Crippen MR) is 158 cm³/mol. The van der Waals surface area contributed by atoms with Crippen molar-refractivity contribution >= 4 is 29.3 Å². The molecule has 5 aromatic rings. The monoisotopic (exact) mass is 600 g/mol. The van der Waals surface area contributed by atoms with E-state index in [0.29, 0.717) is 16.9 Å². The fraction of sp³-hybridized carbons (Fsp3) is 0.125. The highest BCUT2D eigenvalue weighted by atomic mass is 32.2. The first-order valence-corrected chi connectivity index (χ1v) is 14.2. The third-order valence-corrected chi connectivity index (χ3v) is 7.24. The molecule has 0 aliphatic carbocycles. The average molecular weight is 601 g/mol. The molecule has 43 heavy (non-hydrogen) atoms. The molecule has 1 aromatic heterocycles. The number of methoxy groups -OCH3 is 1. The number of carbonyl (C=O) groups excluding carboxylic acids is 2. The second-order valence-corrected chi connectivity index (χ2v) is 10.2. The van der Waals surface area contributed by atoms with Crippen LogP contribution in [0.1, 0.15) is 17.2 Å². The SMILES string of the molecule is COc1ccc(-c2nnc(SCC(=O)N(c3ccc(F)cc3)[C@H](C(=O)NCc3ccccc3)c3ccc(F)cc3)o2)cc1. The van der Waals surface area contributed by atoms with Gasteiger partial charge in [-0.1, -0.05) is 54.2 Å². The van der Waals surface area contributed by atoms with E-state index >= 15 is 0 Å². The Morgan fingerprint density at radius 3 is 2.19 bits per heavy atom. The zero-order valence-electron chi connectivity index (χ0n) is 22.9. The van der Waals surface area contributed by atoms with Crippen LogP contribution in [0.3, 0.4) is 0 Å². The topological polar surface area (TPSA) is 97.6 Å². The minimum Gasteiger partial charge on any atom is -0.497 e. The highest BCUT2D eigenvalue weighted by Gasteiger charge is 2.33. The van der Waals surface area contributed by atoms with Crippen molar-refractivity contribution in [3.8, 4) is 17.2 Å². The summed E-state index contributed by atoms with van der Waals surface area (Å²) in [6.45, 7) is 0.202. The van der Waals surface area contributed by atoms with Crippen molar-refractivity contribution in [2.24, 2.45) is 0 Å². The van der Waals surface area contributed by atoms with E-state index < -0.39 is 29.5 Å². The number of nitrogens with one attached hydrogen (secondary N) is 1. The Balaban J connectivity index is 1.41. The number of ether oxygens (including phenoxy) is 1. The smallest absolute Gasteiger partial charge is 0.277 e. The van der Waals surface area contributed by atoms with Crippen LogP contribution < -0.4 is 15.0 Å². The fourth-order valence-corrected chi connectivity index (χ4v) is 4.92. The minimum atomic E-state index is -1.19. The Morgan fingerprint density at radius 1 is 0.884 bits per heavy atom. The van der Waals surface area contributed by atoms with Crippen LogP contribution >= 0.6 is 11.8 Å². The van der Waals surface area contributed by atoms with Gasteiger partial charge >= 0.3 is 0 Å². The van der Waals surface area contributed by atoms with Crippen molar-refractivity contribution in [1.29, 1.82) is 0 Å². The number of hydrogen-bond donors (Lipinski definition) is 1. The summed E-state index contributed by atoms with van der Waals surface area (Å²) in [6, 6.07) is 25.7. The second kappa shape index (κ2) is 13.8. The number of nitrogens with zero attached hydrogens (tertiary/aromatic N) is 3. The van der Waals surface area contributed by atoms with Gasteiger partial charge in [0.1, 0.15) is 23.4 Å². The number of hydrogen-bond acceptors (Lipinski definition) is 7. The number of benzene rings is 4. The summed E-state index contributed by atoms with van der Waals surface area (Å²) in [5.41, 5.74) is 2.17. The van der Waals surface area contributed by atoms with Crippen LogP contribution in [-0.4, -0.2) is 34.9 Å². The van der Waals surface area contributed by atoms with Gasteiger partial charge < -0.3 is 14.5 Å². The van der Waals surface area contributed by atoms with E-state index in [9.17, 15) is 18.4 Å². The maximum absolute atomic E-state index is 13.9. The molecule has 2 amide bonds. The van der Waals surface area contributed by atoms with Crippen LogP contribution in [0.15, 0.2) is 113 Å². The summed E-state index contributed by atoms with van der Waals surface area (Å²) < 4.78 is 38.7. The standard InChI is InChI=1S/C32H26F2N4O4S/c1-41-27-17-9-23(10-18-27)31-36-37-32(42-31)43-20-28(39)38(26-15-13-25(34)14-16-26)29(22-7-11-24(33)12-8-22)30(40)35-19-21-5-3-2-4-6-21/h2-18,29H,19-20H2,1H3,(H,35,40)/t29-/m0/s1. The van der Waals surface area contributed by atoms with E-state index in [1.807, 2.05) is 30.3 Å². The van der Waals surface area contributed by atoms with Crippen LogP contribution in [0.2, 0.25) is 0 Å². The number of thioether (sulfide) groups is 1. The van der Waals surface area contributed by atoms with Gasteiger partial charge in [-0.3, -0.25) is 14.5 Å². The van der Waals surface area contributed by atoms with Crippen molar-refractivity contribution in [3.05, 3.63) is 126 Å². The summed E-state index contributed by atoms with van der Waals surface area (Å²) in [4.78, 5) is 28.9. The predicted octanol–water partition coefficient (Wildman–Crippen LogP) is 6.21. The van der Waals surface area contributed by atoms with Gasteiger partial charge in [0.25, 0.3) is 5.22 Å². The fourth-order valence-electron chi connectivity index (χ4n) is 4.29. The molecule has 0 unspecified atom stereocenters. The first-order chi connectivity index (χ1) is 20.9. The highest BCUT2D eigenvalue weighted by molar-refractivity contribution is 7.99. The number of rotatable bonds is 11. The van der Waals surface area contributed by atoms with E-state index in [4.69, 9.17) is 9.15 Å². The zero-order valence-corrected chi connectivity index (χ0v) is 23.8. The first-order valence-electron chi connectivity index (χ1n) is 13.2. The summed E-state index contributed by atoms with van der Waals surface area (Å²) in [7, 11) is 1.57. The number of anilines is 1. The lowest BCUT2D eigenvalue weighted by molar-refractivity contribution is -0.126. The van der Waals surface area contributed by atoms with E-state index in [2.05, 4.69) is 15.5 Å². The number of amides is 2. The Bertz CT molecular complexity index is 1660. The molecule has 0 aliphatic rings. The van der Waals surface area contributed by atoms with E-state index in [1.165, 1.54) is 53.4 Å². The van der Waals surface area contributed by atoms with E-state index in [1.54, 1.807) is 31.4 Å². The van der Waals surface area contributed by atoms with Gasteiger partial charge in [0, 0.05) is 17.8 Å². The van der Waals surface area contributed by atoms with Crippen LogP contribution in [0.25, 0.3) is 11.5 Å². The Morgan fingerprint density at radius 2 is 1.53 bits per heavy atom. The van der Waals surface area contributed by atoms with Gasteiger partial charge in [-0.25, -0.2) is 8.78 Å². The number of aromatic nitrogens is 2. The van der Waals surface area contributed by atoms with Gasteiger partial charge in [-0.05, 0) is 71.8 Å². The highest BCUT2D eigenvalue weighted by Crippen LogP contribution is 2.31. The van der Waals surface area contributed by atoms with Crippen molar-refractivity contribution in [2.75, 3.05) is 17.8 Å². The van der Waals surface area contributed by atoms with Crippen molar-refractivity contribution in [1.82, 2.24) is 15.5 Å². The molecule has 1 heterocycles. The maximum atomic E-state index is 13.9. The molecular weight excluding hydrogens is 574 g/mol. The molecule has 0 saturated carbocycles. The average Bonchev–Trinajstić information content (AvgIpc) is 3.52. The van der Waals surface area contributed by atoms with Crippen LogP contribution in [0.5, 0.6) is 5.75 Å². The van der Waals surface area contributed by atoms with Gasteiger partial charge in [0.05, 0.1) is 12.9 Å². The Kier molecular flexibility index (Phi) is 9.42. The third kappa shape index (κ3) is 7.44. The molecule has 1 atom stereocenters. The second-order valence-electron chi connectivity index (χ2n) is 9.29. The summed E-state index contributed by atoms with van der Waals surface area (Å²) in [6.07, 6.45) is 0. The molecule has 0 aliphatic heterocycles. The summed E-state index contributed by atoms with van der Waals surface area (Å²) >= 11 is 0.993. The molecule has 0 saturated heterocycles. The van der Waals surface area contributed by atoms with Crippen LogP contribution in [0.4, 0.5) is 14.5 Å². The maximum Gasteiger partial charge on any atom is 0.277 e. The normalized spacial score (nSPS) is 11.5. The lowest BCUT2D eigenvalue weighted by atomic mass is 10.0. The van der Waals surface area contributed by atoms with Gasteiger partial charge in [-0.15, -0.1) is 10.2 Å². The quantitative estimate of drug-likeness (QED) is 0.180. The van der Waals surface area contributed by atoms with Crippen molar-refractivity contribution < 1.29 is 27.5 Å². The third-order valence-electron chi connectivity index (χ3n) is 6.44. The molecular formula is C32H26F2N4O4S. The lowest BCUT2D eigenvalue weighted by Gasteiger charge is -2.31. The van der Waals surface area contributed by atoms with E-state index in [-0.39, 0.29) is 29.1 Å². The molecule has 0 spiro atoms. The van der Waals surface area contributed by atoms with Crippen molar-refractivity contribution in [2.45, 2.75) is 17.8 Å². The number of halogens is 2. The summed E-state index contributed by atoms with van der Waals surface area (Å²) in [5.74, 6) is -1.25. The molecule has 8 nitrogen and oxygen atoms in total. The van der Waals surface area contributed by atoms with Crippen molar-refractivity contribution in [3.63, 3.8) is 0 Å². The van der Waals surface area contributed by atoms with Gasteiger partial charge in [0.2, 0.25) is 17.7 Å². The lowest BCUT2D eigenvalue weighted by Crippen LogP contribution is -2.44. The zero-order chi connectivity index (χ0) is 30.2. The largest absolute Gasteiger partial charge is 0.497 e. The van der Waals surface area contributed by atoms with Crippen LogP contribution in [-0.2, 0) is 16.1 Å². The molecule has 0 radical (unpaired) electrons. The molecule has 0 fully saturated rings. The molecule has 11 heteroatoms. The summed E-state index contributed by atoms with van der Waals surface area (Å²) in [5, 5.41) is 11.1. The Hall–Kier alpha value is -5.03. The molecule has 4 aromatic carbocycles. The van der Waals surface area contributed by atoms with Gasteiger partial charge in [0.15, 0.2) is 0 Å². The van der Waals surface area contributed by atoms with E-state index in [0.717, 1.165) is 17.3 Å². The molecule has 1 N–H and O–H groups in total. The Labute approximate surface area is 250 Å². The van der Waals surface area contributed by atoms with Crippen LogP contribution in [0, 0.1) is 11.6 Å². The molecule has 218 valence electrons. The molecule has 0 bridgehead atoms. The molecule has 5 rings (SSSR count). The van der Waals surface area contributed by atoms with Gasteiger partial charge in [-0.2, -0.15) is 0 Å². The number of carbonyl (C=O) groups is 2.